The molecule has 1 aliphatic rings. The second-order valence-corrected chi connectivity index (χ2v) is 7.55. The fraction of sp³-hybridized carbons (Fsp3) is 0.120. The molecule has 3 aromatic carbocycles. The van der Waals surface area contributed by atoms with Crippen LogP contribution in [0.5, 0.6) is 11.5 Å². The third-order valence-corrected chi connectivity index (χ3v) is 5.37. The fourth-order valence-corrected chi connectivity index (χ4v) is 3.64. The molecule has 1 N–H and O–H groups in total. The molecule has 0 fully saturated rings. The van der Waals surface area contributed by atoms with Gasteiger partial charge < -0.3 is 9.47 Å². The number of hydrogen-bond donors (Lipinski definition) is 1. The average molecular weight is 440 g/mol. The minimum Gasteiger partial charge on any atom is -0.454 e. The minimum absolute atomic E-state index is 0.128. The Morgan fingerprint density at radius 1 is 1.00 bits per heavy atom. The molecule has 1 amide bonds. The van der Waals surface area contributed by atoms with Crippen molar-refractivity contribution in [2.45, 2.75) is 13.5 Å². The zero-order chi connectivity index (χ0) is 22.8. The lowest BCUT2D eigenvalue weighted by Gasteiger charge is -2.10. The molecule has 2 heterocycles. The van der Waals surface area contributed by atoms with Crippen LogP contribution < -0.4 is 20.5 Å². The van der Waals surface area contributed by atoms with Crippen molar-refractivity contribution in [1.29, 1.82) is 0 Å². The summed E-state index contributed by atoms with van der Waals surface area (Å²) in [5.41, 5.74) is 4.71. The molecule has 0 atom stereocenters. The van der Waals surface area contributed by atoms with Gasteiger partial charge in [0, 0.05) is 10.9 Å². The Balaban J connectivity index is 1.47. The van der Waals surface area contributed by atoms with Gasteiger partial charge in [-0.15, -0.1) is 0 Å². The first kappa shape index (κ1) is 20.4. The Labute approximate surface area is 189 Å². The lowest BCUT2D eigenvalue weighted by molar-refractivity contribution is 0.0949. The molecule has 5 rings (SSSR count). The summed E-state index contributed by atoms with van der Waals surface area (Å²) in [6.45, 7) is 2.22. The van der Waals surface area contributed by atoms with E-state index >= 15 is 0 Å². The van der Waals surface area contributed by atoms with Crippen molar-refractivity contribution in [2.75, 3.05) is 6.79 Å². The first-order valence-corrected chi connectivity index (χ1v) is 10.4. The Hall–Kier alpha value is -4.46. The maximum atomic E-state index is 13.1. The smallest absolute Gasteiger partial charge is 0.292 e. The number of nitrogens with one attached hydrogen (secondary N) is 1. The maximum Gasteiger partial charge on any atom is 0.292 e. The molecular weight excluding hydrogens is 420 g/mol. The quantitative estimate of drug-likeness (QED) is 0.379. The SMILES string of the molecule is C/C(=N\NC(=O)c1nn(Cc2ccccc2)c(=O)c2ccccc12)c1ccc2c(c1)OCO2. The van der Waals surface area contributed by atoms with Gasteiger partial charge in [0.2, 0.25) is 6.79 Å². The van der Waals surface area contributed by atoms with Gasteiger partial charge in [-0.05, 0) is 36.8 Å². The number of amides is 1. The van der Waals surface area contributed by atoms with Crippen LogP contribution in [0.25, 0.3) is 10.8 Å². The van der Waals surface area contributed by atoms with Gasteiger partial charge in [0.15, 0.2) is 17.2 Å². The minimum atomic E-state index is -0.506. The van der Waals surface area contributed by atoms with Crippen molar-refractivity contribution in [3.05, 3.63) is 100.0 Å². The van der Waals surface area contributed by atoms with Gasteiger partial charge in [-0.2, -0.15) is 10.2 Å². The van der Waals surface area contributed by atoms with Crippen LogP contribution in [0, 0.1) is 0 Å². The number of fused-ring (bicyclic) bond motifs is 2. The highest BCUT2D eigenvalue weighted by Gasteiger charge is 2.18. The molecule has 0 radical (unpaired) electrons. The predicted octanol–water partition coefficient (Wildman–Crippen LogP) is 3.33. The summed E-state index contributed by atoms with van der Waals surface area (Å²) in [7, 11) is 0. The Morgan fingerprint density at radius 3 is 2.55 bits per heavy atom. The van der Waals surface area contributed by atoms with E-state index in [4.69, 9.17) is 9.47 Å². The van der Waals surface area contributed by atoms with E-state index in [2.05, 4.69) is 15.6 Å². The number of carbonyl (C=O) groups excluding carboxylic acids is 1. The summed E-state index contributed by atoms with van der Waals surface area (Å²) in [6.07, 6.45) is 0. The van der Waals surface area contributed by atoms with Gasteiger partial charge in [0.25, 0.3) is 11.5 Å². The van der Waals surface area contributed by atoms with Crippen LogP contribution in [0.4, 0.5) is 0 Å². The second kappa shape index (κ2) is 8.58. The van der Waals surface area contributed by atoms with Gasteiger partial charge in [-0.1, -0.05) is 48.5 Å². The summed E-state index contributed by atoms with van der Waals surface area (Å²) in [5, 5.41) is 9.51. The highest BCUT2D eigenvalue weighted by molar-refractivity contribution is 6.06. The Kier molecular flexibility index (Phi) is 5.32. The highest BCUT2D eigenvalue weighted by atomic mass is 16.7. The number of benzene rings is 3. The van der Waals surface area contributed by atoms with Gasteiger partial charge >= 0.3 is 0 Å². The molecule has 0 bridgehead atoms. The number of hydrazone groups is 1. The van der Waals surface area contributed by atoms with Crippen LogP contribution >= 0.6 is 0 Å². The molecule has 164 valence electrons. The van der Waals surface area contributed by atoms with Crippen molar-refractivity contribution < 1.29 is 14.3 Å². The number of aromatic nitrogens is 2. The molecule has 33 heavy (non-hydrogen) atoms. The van der Waals surface area contributed by atoms with E-state index in [9.17, 15) is 9.59 Å². The van der Waals surface area contributed by atoms with Gasteiger partial charge in [-0.25, -0.2) is 10.1 Å². The molecule has 0 aliphatic carbocycles. The number of carbonyl (C=O) groups is 1. The summed E-state index contributed by atoms with van der Waals surface area (Å²) in [6, 6.07) is 21.9. The third-order valence-electron chi connectivity index (χ3n) is 5.37. The highest BCUT2D eigenvalue weighted by Crippen LogP contribution is 2.32. The normalized spacial score (nSPS) is 12.7. The van der Waals surface area contributed by atoms with Gasteiger partial charge in [0.1, 0.15) is 0 Å². The van der Waals surface area contributed by atoms with E-state index in [1.807, 2.05) is 36.4 Å². The third kappa shape index (κ3) is 4.06. The first-order chi connectivity index (χ1) is 16.1. The van der Waals surface area contributed by atoms with E-state index in [1.165, 1.54) is 4.68 Å². The molecule has 0 saturated heterocycles. The number of nitrogens with zero attached hydrogens (tertiary/aromatic N) is 3. The molecule has 1 aromatic heterocycles. The van der Waals surface area contributed by atoms with Crippen LogP contribution in [0.2, 0.25) is 0 Å². The summed E-state index contributed by atoms with van der Waals surface area (Å²) < 4.78 is 12.0. The van der Waals surface area contributed by atoms with Crippen LogP contribution in [-0.4, -0.2) is 28.2 Å². The molecule has 4 aromatic rings. The van der Waals surface area contributed by atoms with Crippen molar-refractivity contribution in [3.8, 4) is 11.5 Å². The monoisotopic (exact) mass is 440 g/mol. The number of hydrogen-bond acceptors (Lipinski definition) is 6. The van der Waals surface area contributed by atoms with Crippen molar-refractivity contribution in [3.63, 3.8) is 0 Å². The maximum absolute atomic E-state index is 13.1. The number of rotatable bonds is 5. The van der Waals surface area contributed by atoms with E-state index in [0.29, 0.717) is 28.0 Å². The largest absolute Gasteiger partial charge is 0.454 e. The molecule has 0 unspecified atom stereocenters. The van der Waals surface area contributed by atoms with Crippen molar-refractivity contribution >= 4 is 22.4 Å². The predicted molar refractivity (Wildman–Crippen MR) is 124 cm³/mol. The van der Waals surface area contributed by atoms with E-state index in [-0.39, 0.29) is 24.6 Å². The van der Waals surface area contributed by atoms with Crippen molar-refractivity contribution in [2.24, 2.45) is 5.10 Å². The van der Waals surface area contributed by atoms with E-state index in [0.717, 1.165) is 11.1 Å². The van der Waals surface area contributed by atoms with E-state index < -0.39 is 5.91 Å². The van der Waals surface area contributed by atoms with Crippen LogP contribution in [0.3, 0.4) is 0 Å². The molecule has 1 aliphatic heterocycles. The van der Waals surface area contributed by atoms with Crippen LogP contribution in [-0.2, 0) is 6.54 Å². The lowest BCUT2D eigenvalue weighted by atomic mass is 10.1. The molecular formula is C25H20N4O4. The topological polar surface area (TPSA) is 94.8 Å². The Morgan fingerprint density at radius 2 is 1.73 bits per heavy atom. The van der Waals surface area contributed by atoms with Crippen LogP contribution in [0.15, 0.2) is 82.7 Å². The first-order valence-electron chi connectivity index (χ1n) is 10.4. The zero-order valence-electron chi connectivity index (χ0n) is 17.8. The van der Waals surface area contributed by atoms with Crippen LogP contribution in [0.1, 0.15) is 28.5 Å². The summed E-state index contributed by atoms with van der Waals surface area (Å²) >= 11 is 0. The Bertz CT molecular complexity index is 1440. The molecule has 0 spiro atoms. The zero-order valence-corrected chi connectivity index (χ0v) is 17.8. The molecule has 8 nitrogen and oxygen atoms in total. The lowest BCUT2D eigenvalue weighted by Crippen LogP contribution is -2.29. The molecule has 0 saturated carbocycles. The van der Waals surface area contributed by atoms with Crippen molar-refractivity contribution in [1.82, 2.24) is 15.2 Å². The fourth-order valence-electron chi connectivity index (χ4n) is 3.64. The second-order valence-electron chi connectivity index (χ2n) is 7.55. The van der Waals surface area contributed by atoms with E-state index in [1.54, 1.807) is 43.3 Å². The standard InChI is InChI=1S/C25H20N4O4/c1-16(18-11-12-21-22(13-18)33-15-32-21)26-27-24(30)23-19-9-5-6-10-20(19)25(31)29(28-23)14-17-7-3-2-4-8-17/h2-13H,14-15H2,1H3,(H,27,30)/b26-16+. The van der Waals surface area contributed by atoms with Gasteiger partial charge in [-0.3, -0.25) is 9.59 Å². The summed E-state index contributed by atoms with van der Waals surface area (Å²) in [5.74, 6) is 0.800. The van der Waals surface area contributed by atoms with Gasteiger partial charge in [0.05, 0.1) is 17.6 Å². The average Bonchev–Trinajstić information content (AvgIpc) is 3.33. The number of ether oxygens (including phenoxy) is 2. The molecule has 8 heteroatoms. The summed E-state index contributed by atoms with van der Waals surface area (Å²) in [4.78, 5) is 26.0.